The lowest BCUT2D eigenvalue weighted by molar-refractivity contribution is -0.394. The second kappa shape index (κ2) is 6.22. The molecule has 0 aliphatic carbocycles. The molecule has 0 aliphatic heterocycles. The molecule has 0 aliphatic rings. The topological polar surface area (TPSA) is 150 Å². The van der Waals surface area contributed by atoms with Crippen LogP contribution in [0.2, 0.25) is 0 Å². The Morgan fingerprint density at radius 3 is 2.00 bits per heavy atom. The van der Waals surface area contributed by atoms with Crippen molar-refractivity contribution in [2.24, 2.45) is 0 Å². The zero-order valence-corrected chi connectivity index (χ0v) is 9.85. The number of benzene rings is 1. The van der Waals surface area contributed by atoms with Crippen molar-refractivity contribution in [3.05, 3.63) is 44.0 Å². The van der Waals surface area contributed by atoms with E-state index in [2.05, 4.69) is 4.74 Å². The maximum Gasteiger partial charge on any atom is 0.317 e. The molecule has 0 atom stereocenters. The predicted molar refractivity (Wildman–Crippen MR) is 61.8 cm³/mol. The first-order valence-corrected chi connectivity index (χ1v) is 5.09. The summed E-state index contributed by atoms with van der Waals surface area (Å²) in [5, 5.41) is 29.6. The second-order valence-electron chi connectivity index (χ2n) is 3.60. The highest BCUT2D eigenvalue weighted by Gasteiger charge is 2.17. The molecule has 0 heterocycles. The molecule has 1 aromatic carbocycles. The van der Waals surface area contributed by atoms with Crippen LogP contribution in [0.1, 0.15) is 12.0 Å². The fourth-order valence-corrected chi connectivity index (χ4v) is 1.29. The van der Waals surface area contributed by atoms with E-state index >= 15 is 0 Å². The van der Waals surface area contributed by atoms with E-state index in [0.717, 1.165) is 18.2 Å². The summed E-state index contributed by atoms with van der Waals surface area (Å²) >= 11 is 0. The molecule has 0 radical (unpaired) electrons. The van der Waals surface area contributed by atoms with Gasteiger partial charge in [-0.25, -0.2) is 0 Å². The predicted octanol–water partition coefficient (Wildman–Crippen LogP) is 1.02. The Morgan fingerprint density at radius 1 is 1.10 bits per heavy atom. The van der Waals surface area contributed by atoms with Gasteiger partial charge in [0.25, 0.3) is 11.4 Å². The van der Waals surface area contributed by atoms with Gasteiger partial charge in [0.2, 0.25) is 0 Å². The zero-order chi connectivity index (χ0) is 15.3. The molecule has 106 valence electrons. The summed E-state index contributed by atoms with van der Waals surface area (Å²) in [6.07, 6.45) is -0.864. The number of hydrogen-bond acceptors (Lipinski definition) is 7. The SMILES string of the molecule is O=C(O)CC(=O)OCc1cc([N+](=O)[O-])cc([N+](=O)[O-])c1. The molecule has 1 rings (SSSR count). The minimum atomic E-state index is -1.39. The third-order valence-corrected chi connectivity index (χ3v) is 2.08. The number of nitro groups is 2. The highest BCUT2D eigenvalue weighted by atomic mass is 16.6. The van der Waals surface area contributed by atoms with Gasteiger partial charge in [0.15, 0.2) is 0 Å². The fourth-order valence-electron chi connectivity index (χ4n) is 1.29. The quantitative estimate of drug-likeness (QED) is 0.352. The van der Waals surface area contributed by atoms with E-state index in [1.54, 1.807) is 0 Å². The molecular formula is C10H8N2O8. The number of rotatable bonds is 6. The van der Waals surface area contributed by atoms with Crippen LogP contribution in [0.5, 0.6) is 0 Å². The van der Waals surface area contributed by atoms with Crippen molar-refractivity contribution < 1.29 is 29.3 Å². The summed E-state index contributed by atoms with van der Waals surface area (Å²) in [4.78, 5) is 40.8. The molecule has 20 heavy (non-hydrogen) atoms. The van der Waals surface area contributed by atoms with Crippen molar-refractivity contribution in [2.75, 3.05) is 0 Å². The lowest BCUT2D eigenvalue weighted by Gasteiger charge is -2.03. The third-order valence-electron chi connectivity index (χ3n) is 2.08. The van der Waals surface area contributed by atoms with Crippen LogP contribution in [-0.4, -0.2) is 26.9 Å². The van der Waals surface area contributed by atoms with Gasteiger partial charge in [-0.2, -0.15) is 0 Å². The summed E-state index contributed by atoms with van der Waals surface area (Å²) in [6.45, 7) is -0.491. The van der Waals surface area contributed by atoms with Crippen LogP contribution in [0, 0.1) is 20.2 Å². The molecule has 0 saturated carbocycles. The van der Waals surface area contributed by atoms with Crippen LogP contribution in [0.15, 0.2) is 18.2 Å². The zero-order valence-electron chi connectivity index (χ0n) is 9.85. The van der Waals surface area contributed by atoms with Crippen LogP contribution in [0.3, 0.4) is 0 Å². The summed E-state index contributed by atoms with van der Waals surface area (Å²) in [5.74, 6) is -2.44. The third kappa shape index (κ3) is 4.33. The molecule has 0 saturated heterocycles. The molecular weight excluding hydrogens is 276 g/mol. The van der Waals surface area contributed by atoms with Crippen molar-refractivity contribution in [1.82, 2.24) is 0 Å². The molecule has 0 unspecified atom stereocenters. The number of carboxylic acids is 1. The Bertz CT molecular complexity index is 550. The molecule has 0 fully saturated rings. The Morgan fingerprint density at radius 2 is 1.60 bits per heavy atom. The molecule has 0 aromatic heterocycles. The summed E-state index contributed by atoms with van der Waals surface area (Å²) in [7, 11) is 0. The fraction of sp³-hybridized carbons (Fsp3) is 0.200. The van der Waals surface area contributed by atoms with Crippen LogP contribution < -0.4 is 0 Å². The summed E-state index contributed by atoms with van der Waals surface area (Å²) in [6, 6.07) is 2.77. The van der Waals surface area contributed by atoms with E-state index in [0.29, 0.717) is 0 Å². The average molecular weight is 284 g/mol. The highest BCUT2D eigenvalue weighted by molar-refractivity contribution is 5.90. The molecule has 1 N–H and O–H groups in total. The number of ether oxygens (including phenoxy) is 1. The Balaban J connectivity index is 2.89. The van der Waals surface area contributed by atoms with Crippen molar-refractivity contribution in [3.63, 3.8) is 0 Å². The Hall–Kier alpha value is -3.04. The maximum absolute atomic E-state index is 11.0. The summed E-state index contributed by atoms with van der Waals surface area (Å²) in [5.41, 5.74) is -1.03. The van der Waals surface area contributed by atoms with E-state index in [4.69, 9.17) is 5.11 Å². The normalized spacial score (nSPS) is 9.80. The number of nitrogens with zero attached hydrogens (tertiary/aromatic N) is 2. The smallest absolute Gasteiger partial charge is 0.317 e. The van der Waals surface area contributed by atoms with Gasteiger partial charge in [-0.15, -0.1) is 0 Å². The number of carbonyl (C=O) groups excluding carboxylic acids is 1. The minimum Gasteiger partial charge on any atom is -0.481 e. The van der Waals surface area contributed by atoms with Crippen molar-refractivity contribution >= 4 is 23.3 Å². The lowest BCUT2D eigenvalue weighted by atomic mass is 10.2. The first kappa shape index (κ1) is 15.0. The van der Waals surface area contributed by atoms with Gasteiger partial charge >= 0.3 is 11.9 Å². The number of aliphatic carboxylic acids is 1. The summed E-state index contributed by atoms with van der Waals surface area (Å²) < 4.78 is 4.54. The molecule has 10 nitrogen and oxygen atoms in total. The number of hydrogen-bond donors (Lipinski definition) is 1. The van der Waals surface area contributed by atoms with Crippen molar-refractivity contribution in [3.8, 4) is 0 Å². The van der Waals surface area contributed by atoms with Gasteiger partial charge < -0.3 is 9.84 Å². The van der Waals surface area contributed by atoms with Gasteiger partial charge in [-0.1, -0.05) is 0 Å². The average Bonchev–Trinajstić information content (AvgIpc) is 2.35. The number of carbonyl (C=O) groups is 2. The van der Waals surface area contributed by atoms with Crippen molar-refractivity contribution in [1.29, 1.82) is 0 Å². The number of esters is 1. The van der Waals surface area contributed by atoms with Crippen LogP contribution in [0.25, 0.3) is 0 Å². The Kier molecular flexibility index (Phi) is 4.67. The molecule has 1 aromatic rings. The second-order valence-corrected chi connectivity index (χ2v) is 3.60. The maximum atomic E-state index is 11.0. The van der Waals surface area contributed by atoms with Gasteiger partial charge in [0.05, 0.1) is 15.9 Å². The molecule has 0 amide bonds. The van der Waals surface area contributed by atoms with Crippen LogP contribution in [0.4, 0.5) is 11.4 Å². The van der Waals surface area contributed by atoms with E-state index in [9.17, 15) is 29.8 Å². The van der Waals surface area contributed by atoms with E-state index < -0.39 is 46.2 Å². The Labute approximate surface area is 110 Å². The van der Waals surface area contributed by atoms with Crippen molar-refractivity contribution in [2.45, 2.75) is 13.0 Å². The van der Waals surface area contributed by atoms with Crippen LogP contribution >= 0.6 is 0 Å². The standard InChI is InChI=1S/C10H8N2O8/c13-9(14)4-10(15)20-5-6-1-7(11(16)17)3-8(2-6)12(18)19/h1-3H,4-5H2,(H,13,14). The first-order chi connectivity index (χ1) is 9.29. The van der Waals surface area contributed by atoms with Gasteiger partial charge in [0, 0.05) is 17.7 Å². The minimum absolute atomic E-state index is 0.0182. The van der Waals surface area contributed by atoms with Gasteiger partial charge in [0.1, 0.15) is 13.0 Å². The monoisotopic (exact) mass is 284 g/mol. The van der Waals surface area contributed by atoms with Gasteiger partial charge in [-0.05, 0) is 0 Å². The largest absolute Gasteiger partial charge is 0.481 e. The highest BCUT2D eigenvalue weighted by Crippen LogP contribution is 2.23. The number of nitro benzene ring substituents is 2. The van der Waals surface area contributed by atoms with Gasteiger partial charge in [-0.3, -0.25) is 29.8 Å². The van der Waals surface area contributed by atoms with E-state index in [-0.39, 0.29) is 5.56 Å². The number of non-ortho nitro benzene ring substituents is 2. The van der Waals surface area contributed by atoms with E-state index in [1.165, 1.54) is 0 Å². The molecule has 10 heteroatoms. The molecule has 0 spiro atoms. The molecule has 0 bridgehead atoms. The number of carboxylic acid groups (broad SMARTS) is 1. The van der Waals surface area contributed by atoms with Crippen LogP contribution in [-0.2, 0) is 20.9 Å². The van der Waals surface area contributed by atoms with E-state index in [1.807, 2.05) is 0 Å². The first-order valence-electron chi connectivity index (χ1n) is 5.09. The lowest BCUT2D eigenvalue weighted by Crippen LogP contribution is -2.10.